The largest absolute Gasteiger partial charge is 0.497 e. The smallest absolute Gasteiger partial charge is 0.265 e. The van der Waals surface area contributed by atoms with Crippen LogP contribution in [0.25, 0.3) is 0 Å². The highest BCUT2D eigenvalue weighted by Crippen LogP contribution is 2.34. The van der Waals surface area contributed by atoms with Crippen molar-refractivity contribution < 1.29 is 27.5 Å². The van der Waals surface area contributed by atoms with Crippen molar-refractivity contribution in [1.29, 1.82) is 0 Å². The first kappa shape index (κ1) is 22.1. The van der Waals surface area contributed by atoms with Gasteiger partial charge in [0.1, 0.15) is 17.5 Å². The van der Waals surface area contributed by atoms with Gasteiger partial charge in [0.2, 0.25) is 15.9 Å². The third kappa shape index (κ3) is 4.28. The number of methoxy groups -OCH3 is 1. The summed E-state index contributed by atoms with van der Waals surface area (Å²) in [6.07, 6.45) is 0.375. The summed E-state index contributed by atoms with van der Waals surface area (Å²) < 4.78 is 38.5. The molecule has 0 aromatic heterocycles. The first-order valence-corrected chi connectivity index (χ1v) is 11.8. The summed E-state index contributed by atoms with van der Waals surface area (Å²) >= 11 is 0. The Kier molecular flexibility index (Phi) is 6.07. The third-order valence-electron chi connectivity index (χ3n) is 5.62. The molecule has 0 unspecified atom stereocenters. The summed E-state index contributed by atoms with van der Waals surface area (Å²) in [4.78, 5) is 24.7. The number of sulfonamides is 1. The minimum absolute atomic E-state index is 0.00422. The lowest BCUT2D eigenvalue weighted by Gasteiger charge is -2.26. The van der Waals surface area contributed by atoms with E-state index in [9.17, 15) is 18.0 Å². The average molecular weight is 460 g/mol. The van der Waals surface area contributed by atoms with Crippen LogP contribution in [0.1, 0.15) is 25.3 Å². The van der Waals surface area contributed by atoms with Gasteiger partial charge in [-0.1, -0.05) is 12.1 Å². The molecule has 170 valence electrons. The first-order chi connectivity index (χ1) is 15.3. The van der Waals surface area contributed by atoms with Gasteiger partial charge in [0.05, 0.1) is 17.7 Å². The molecule has 2 atom stereocenters. The molecule has 2 aliphatic heterocycles. The Labute approximate surface area is 186 Å². The molecule has 2 amide bonds. The minimum atomic E-state index is -3.94. The van der Waals surface area contributed by atoms with Crippen LogP contribution in [0, 0.1) is 0 Å². The predicted octanol–water partition coefficient (Wildman–Crippen LogP) is 1.88. The lowest BCUT2D eigenvalue weighted by molar-refractivity contribution is -0.124. The van der Waals surface area contributed by atoms with Gasteiger partial charge in [0.15, 0.2) is 6.10 Å². The zero-order valence-corrected chi connectivity index (χ0v) is 18.6. The van der Waals surface area contributed by atoms with Crippen LogP contribution >= 0.6 is 0 Å². The Morgan fingerprint density at radius 1 is 1.25 bits per heavy atom. The van der Waals surface area contributed by atoms with Gasteiger partial charge in [0, 0.05) is 13.1 Å². The van der Waals surface area contributed by atoms with E-state index in [1.807, 2.05) is 12.1 Å². The molecule has 32 heavy (non-hydrogen) atoms. The molecule has 10 heteroatoms. The van der Waals surface area contributed by atoms with E-state index in [1.165, 1.54) is 22.5 Å². The minimum Gasteiger partial charge on any atom is -0.497 e. The molecular weight excluding hydrogens is 434 g/mol. The number of nitrogens with zero attached hydrogens (tertiary/aromatic N) is 1. The van der Waals surface area contributed by atoms with E-state index < -0.39 is 22.2 Å². The van der Waals surface area contributed by atoms with Crippen molar-refractivity contribution >= 4 is 27.5 Å². The summed E-state index contributed by atoms with van der Waals surface area (Å²) in [5.74, 6) is 0.440. The molecular formula is C22H25N3O6S. The Balaban J connectivity index is 1.48. The number of fused-ring (bicyclic) bond motifs is 1. The van der Waals surface area contributed by atoms with E-state index in [2.05, 4.69) is 10.6 Å². The Morgan fingerprint density at radius 3 is 2.72 bits per heavy atom. The average Bonchev–Trinajstić information content (AvgIpc) is 3.29. The molecule has 2 heterocycles. The third-order valence-corrected chi connectivity index (χ3v) is 7.52. The second-order valence-electron chi connectivity index (χ2n) is 7.75. The van der Waals surface area contributed by atoms with Crippen molar-refractivity contribution in [2.75, 3.05) is 19.0 Å². The van der Waals surface area contributed by atoms with Gasteiger partial charge in [-0.25, -0.2) is 8.42 Å². The molecule has 0 aliphatic carbocycles. The monoisotopic (exact) mass is 459 g/mol. The van der Waals surface area contributed by atoms with Crippen LogP contribution in [0.5, 0.6) is 11.5 Å². The normalized spacial score (nSPS) is 20.8. The van der Waals surface area contributed by atoms with Crippen LogP contribution in [0.4, 0.5) is 5.69 Å². The molecule has 0 saturated carbocycles. The van der Waals surface area contributed by atoms with E-state index in [1.54, 1.807) is 26.2 Å². The maximum atomic E-state index is 13.3. The molecule has 2 aliphatic rings. The predicted molar refractivity (Wildman–Crippen MR) is 117 cm³/mol. The molecule has 0 bridgehead atoms. The molecule has 2 aromatic carbocycles. The standard InChI is InChI=1S/C22H25N3O6S/c1-14-21(26)24-18-12-17(9-10-20(18)31-14)32(28,29)25-11-3-4-19(25)22(27)23-13-15-5-7-16(30-2)8-6-15/h5-10,12,14,19H,3-4,11,13H2,1-2H3,(H,23,27)(H,24,26)/t14-,19+/m1/s1. The van der Waals surface area contributed by atoms with Crippen molar-refractivity contribution in [1.82, 2.24) is 9.62 Å². The molecule has 0 radical (unpaired) electrons. The zero-order valence-electron chi connectivity index (χ0n) is 17.8. The summed E-state index contributed by atoms with van der Waals surface area (Å²) in [7, 11) is -2.36. The SMILES string of the molecule is COc1ccc(CNC(=O)[C@@H]2CCCN2S(=O)(=O)c2ccc3c(c2)NC(=O)[C@@H](C)O3)cc1. The second-order valence-corrected chi connectivity index (χ2v) is 9.64. The van der Waals surface area contributed by atoms with E-state index >= 15 is 0 Å². The summed E-state index contributed by atoms with van der Waals surface area (Å²) in [6.45, 7) is 2.15. The Bertz CT molecular complexity index is 1130. The van der Waals surface area contributed by atoms with Gasteiger partial charge in [-0.3, -0.25) is 9.59 Å². The second kappa shape index (κ2) is 8.79. The Morgan fingerprint density at radius 2 is 2.00 bits per heavy atom. The lowest BCUT2D eigenvalue weighted by Crippen LogP contribution is -2.45. The fraction of sp³-hybridized carbons (Fsp3) is 0.364. The molecule has 2 aromatic rings. The van der Waals surface area contributed by atoms with Crippen LogP contribution in [0.3, 0.4) is 0 Å². The van der Waals surface area contributed by atoms with Crippen molar-refractivity contribution in [3.8, 4) is 11.5 Å². The molecule has 1 fully saturated rings. The maximum Gasteiger partial charge on any atom is 0.265 e. The van der Waals surface area contributed by atoms with E-state index in [4.69, 9.17) is 9.47 Å². The summed E-state index contributed by atoms with van der Waals surface area (Å²) in [6, 6.07) is 10.8. The number of hydrogen-bond acceptors (Lipinski definition) is 6. The van der Waals surface area contributed by atoms with Crippen molar-refractivity contribution in [2.24, 2.45) is 0 Å². The number of hydrogen-bond donors (Lipinski definition) is 2. The number of amides is 2. The number of carbonyl (C=O) groups excluding carboxylic acids is 2. The van der Waals surface area contributed by atoms with Gasteiger partial charge in [-0.05, 0) is 55.7 Å². The number of carbonyl (C=O) groups is 2. The molecule has 2 N–H and O–H groups in total. The van der Waals surface area contributed by atoms with Crippen molar-refractivity contribution in [3.63, 3.8) is 0 Å². The number of rotatable bonds is 6. The topological polar surface area (TPSA) is 114 Å². The lowest BCUT2D eigenvalue weighted by atomic mass is 10.2. The number of anilines is 1. The fourth-order valence-corrected chi connectivity index (χ4v) is 5.51. The maximum absolute atomic E-state index is 13.3. The molecule has 0 spiro atoms. The van der Waals surface area contributed by atoms with Crippen LogP contribution in [-0.2, 0) is 26.2 Å². The van der Waals surface area contributed by atoms with Crippen LogP contribution < -0.4 is 20.1 Å². The van der Waals surface area contributed by atoms with Crippen molar-refractivity contribution in [2.45, 2.75) is 43.4 Å². The zero-order chi connectivity index (χ0) is 22.9. The molecule has 9 nitrogen and oxygen atoms in total. The highest BCUT2D eigenvalue weighted by atomic mass is 32.2. The number of benzene rings is 2. The fourth-order valence-electron chi connectivity index (χ4n) is 3.82. The summed E-state index contributed by atoms with van der Waals surface area (Å²) in [5.41, 5.74) is 1.18. The number of nitrogens with one attached hydrogen (secondary N) is 2. The first-order valence-electron chi connectivity index (χ1n) is 10.3. The van der Waals surface area contributed by atoms with Crippen molar-refractivity contribution in [3.05, 3.63) is 48.0 Å². The number of ether oxygens (including phenoxy) is 2. The quantitative estimate of drug-likeness (QED) is 0.682. The van der Waals surface area contributed by atoms with Gasteiger partial charge in [0.25, 0.3) is 5.91 Å². The molecule has 1 saturated heterocycles. The highest BCUT2D eigenvalue weighted by Gasteiger charge is 2.40. The van der Waals surface area contributed by atoms with Crippen LogP contribution in [0.15, 0.2) is 47.4 Å². The highest BCUT2D eigenvalue weighted by molar-refractivity contribution is 7.89. The Hall–Kier alpha value is -3.11. The van der Waals surface area contributed by atoms with Gasteiger partial charge >= 0.3 is 0 Å². The van der Waals surface area contributed by atoms with E-state index in [-0.39, 0.29) is 29.8 Å². The van der Waals surface area contributed by atoms with Gasteiger partial charge in [-0.15, -0.1) is 0 Å². The van der Waals surface area contributed by atoms with Crippen LogP contribution in [-0.4, -0.2) is 50.3 Å². The van der Waals surface area contributed by atoms with E-state index in [0.29, 0.717) is 30.0 Å². The summed E-state index contributed by atoms with van der Waals surface area (Å²) in [5, 5.41) is 5.49. The van der Waals surface area contributed by atoms with Gasteiger partial charge < -0.3 is 20.1 Å². The molecule has 4 rings (SSSR count). The van der Waals surface area contributed by atoms with Gasteiger partial charge in [-0.2, -0.15) is 4.31 Å². The van der Waals surface area contributed by atoms with Crippen LogP contribution in [0.2, 0.25) is 0 Å². The van der Waals surface area contributed by atoms with E-state index in [0.717, 1.165) is 5.56 Å².